The number of pyridine rings is 1. The molecule has 1 N–H and O–H groups in total. The first kappa shape index (κ1) is 24.4. The summed E-state index contributed by atoms with van der Waals surface area (Å²) in [6.45, 7) is 0.543. The van der Waals surface area contributed by atoms with Crippen LogP contribution in [0.5, 0.6) is 0 Å². The maximum absolute atomic E-state index is 14.0. The van der Waals surface area contributed by atoms with Crippen molar-refractivity contribution < 1.29 is 18.4 Å². The summed E-state index contributed by atoms with van der Waals surface area (Å²) >= 11 is 0. The quantitative estimate of drug-likeness (QED) is 0.320. The molecule has 4 heterocycles. The summed E-state index contributed by atoms with van der Waals surface area (Å²) in [4.78, 5) is 32.2. The van der Waals surface area contributed by atoms with Gasteiger partial charge in [0.15, 0.2) is 17.3 Å². The average molecular weight is 541 g/mol. The van der Waals surface area contributed by atoms with Gasteiger partial charge in [-0.3, -0.25) is 14.9 Å². The van der Waals surface area contributed by atoms with Gasteiger partial charge < -0.3 is 9.47 Å². The van der Waals surface area contributed by atoms with Crippen LogP contribution < -0.4 is 5.32 Å². The minimum atomic E-state index is -0.909. The Hall–Kier alpha value is -4.60. The summed E-state index contributed by atoms with van der Waals surface area (Å²) in [5.41, 5.74) is 4.46. The Morgan fingerprint density at radius 2 is 1.80 bits per heavy atom. The summed E-state index contributed by atoms with van der Waals surface area (Å²) < 4.78 is 31.1. The maximum atomic E-state index is 14.0. The van der Waals surface area contributed by atoms with E-state index in [4.69, 9.17) is 0 Å². The van der Waals surface area contributed by atoms with Crippen LogP contribution in [0.15, 0.2) is 60.9 Å². The van der Waals surface area contributed by atoms with Gasteiger partial charge in [-0.1, -0.05) is 12.1 Å². The van der Waals surface area contributed by atoms with Crippen molar-refractivity contribution in [3.05, 3.63) is 83.7 Å². The van der Waals surface area contributed by atoms with Crippen molar-refractivity contribution >= 4 is 34.3 Å². The highest BCUT2D eigenvalue weighted by Gasteiger charge is 2.33. The molecule has 8 nitrogen and oxygen atoms in total. The minimum Gasteiger partial charge on any atom is -0.350 e. The number of nitrogens with zero attached hydrogens (tertiary/aromatic N) is 5. The summed E-state index contributed by atoms with van der Waals surface area (Å²) in [6, 6.07) is 13.3. The molecule has 3 aromatic heterocycles. The van der Waals surface area contributed by atoms with Crippen LogP contribution in [0.4, 0.5) is 14.7 Å². The predicted octanol–water partition coefficient (Wildman–Crippen LogP) is 5.49. The van der Waals surface area contributed by atoms with Gasteiger partial charge in [-0.05, 0) is 78.8 Å². The Morgan fingerprint density at radius 3 is 2.60 bits per heavy atom. The van der Waals surface area contributed by atoms with Gasteiger partial charge in [0.25, 0.3) is 5.91 Å². The number of aryl methyl sites for hydroxylation is 1. The fourth-order valence-corrected chi connectivity index (χ4v) is 5.64. The molecular weight excluding hydrogens is 514 g/mol. The van der Waals surface area contributed by atoms with Gasteiger partial charge in [0.1, 0.15) is 0 Å². The second kappa shape index (κ2) is 9.25. The zero-order valence-corrected chi connectivity index (χ0v) is 21.8. The van der Waals surface area contributed by atoms with Gasteiger partial charge >= 0.3 is 0 Å². The van der Waals surface area contributed by atoms with Crippen LogP contribution in [0.3, 0.4) is 0 Å². The van der Waals surface area contributed by atoms with Gasteiger partial charge in [-0.25, -0.2) is 13.3 Å². The Morgan fingerprint density at radius 1 is 0.975 bits per heavy atom. The Kier molecular flexibility index (Phi) is 5.65. The number of halogens is 2. The molecule has 40 heavy (non-hydrogen) atoms. The van der Waals surface area contributed by atoms with Crippen LogP contribution in [0.25, 0.3) is 27.7 Å². The predicted molar refractivity (Wildman–Crippen MR) is 146 cm³/mol. The molecule has 0 radical (unpaired) electrons. The zero-order valence-electron chi connectivity index (χ0n) is 21.8. The van der Waals surface area contributed by atoms with E-state index in [1.165, 1.54) is 6.07 Å². The van der Waals surface area contributed by atoms with Crippen molar-refractivity contribution in [3.63, 3.8) is 0 Å². The summed E-state index contributed by atoms with van der Waals surface area (Å²) in [7, 11) is 1.90. The first-order valence-corrected chi connectivity index (χ1v) is 13.4. The lowest BCUT2D eigenvalue weighted by Gasteiger charge is -2.25. The van der Waals surface area contributed by atoms with Crippen LogP contribution in [0.2, 0.25) is 0 Å². The zero-order chi connectivity index (χ0) is 27.5. The standard InChI is InChI=1S/C30H26F2N6O2/c1-36-16-22(29(40)37-11-2-3-25(37)20-6-8-23(31)24(32)14-20)21-13-18(7-9-26(21)36)19-10-12-38-27(15-19)33-30(35-38)34-28(39)17-4-5-17/h6-10,12-17,25H,2-5,11H2,1H3,(H,34,35,39)/t25-/m0/s1. The van der Waals surface area contributed by atoms with Crippen LogP contribution in [0, 0.1) is 17.6 Å². The molecule has 0 unspecified atom stereocenters. The molecule has 2 fully saturated rings. The number of hydrogen-bond acceptors (Lipinski definition) is 4. The normalized spacial score (nSPS) is 17.2. The SMILES string of the molecule is Cn1cc(C(=O)N2CCC[C@H]2c2ccc(F)c(F)c2)c2cc(-c3ccn4nc(NC(=O)C5CC5)nc4c3)ccc21. The van der Waals surface area contributed by atoms with Gasteiger partial charge in [0.05, 0.1) is 11.6 Å². The van der Waals surface area contributed by atoms with Crippen molar-refractivity contribution in [3.8, 4) is 11.1 Å². The Bertz CT molecular complexity index is 1820. The molecule has 7 rings (SSSR count). The third kappa shape index (κ3) is 4.20. The van der Waals surface area contributed by atoms with Gasteiger partial charge in [-0.2, -0.15) is 4.98 Å². The third-order valence-corrected chi connectivity index (χ3v) is 7.92. The number of aromatic nitrogens is 4. The molecule has 1 atom stereocenters. The fourth-order valence-electron chi connectivity index (χ4n) is 5.64. The highest BCUT2D eigenvalue weighted by atomic mass is 19.2. The van der Waals surface area contributed by atoms with Crippen LogP contribution in [-0.2, 0) is 11.8 Å². The Balaban J connectivity index is 1.21. The number of hydrogen-bond donors (Lipinski definition) is 1. The van der Waals surface area contributed by atoms with E-state index in [0.717, 1.165) is 47.4 Å². The smallest absolute Gasteiger partial charge is 0.256 e. The van der Waals surface area contributed by atoms with Gasteiger partial charge in [0.2, 0.25) is 11.9 Å². The molecule has 2 amide bonds. The average Bonchev–Trinajstić information content (AvgIpc) is 3.41. The van der Waals surface area contributed by atoms with E-state index in [1.807, 2.05) is 48.1 Å². The van der Waals surface area contributed by atoms with E-state index < -0.39 is 11.6 Å². The van der Waals surface area contributed by atoms with Crippen LogP contribution >= 0.6 is 0 Å². The lowest BCUT2D eigenvalue weighted by Crippen LogP contribution is -2.30. The minimum absolute atomic E-state index is 0.0485. The highest BCUT2D eigenvalue weighted by Crippen LogP contribution is 2.36. The summed E-state index contributed by atoms with van der Waals surface area (Å²) in [6.07, 6.45) is 6.90. The lowest BCUT2D eigenvalue weighted by molar-refractivity contribution is -0.117. The molecule has 5 aromatic rings. The molecule has 0 spiro atoms. The van der Waals surface area contributed by atoms with E-state index in [0.29, 0.717) is 29.7 Å². The highest BCUT2D eigenvalue weighted by molar-refractivity contribution is 6.08. The van der Waals surface area contributed by atoms with Gasteiger partial charge in [-0.15, -0.1) is 5.10 Å². The van der Waals surface area contributed by atoms with E-state index in [9.17, 15) is 18.4 Å². The maximum Gasteiger partial charge on any atom is 0.256 e. The number of carbonyl (C=O) groups excluding carboxylic acids is 2. The van der Waals surface area contributed by atoms with Crippen molar-refractivity contribution in [2.24, 2.45) is 13.0 Å². The molecule has 2 aromatic carbocycles. The molecule has 0 bridgehead atoms. The first-order valence-electron chi connectivity index (χ1n) is 13.4. The van der Waals surface area contributed by atoms with E-state index in [1.54, 1.807) is 21.7 Å². The molecule has 10 heteroatoms. The summed E-state index contributed by atoms with van der Waals surface area (Å²) in [5, 5.41) is 7.94. The molecule has 1 aliphatic carbocycles. The number of nitrogens with one attached hydrogen (secondary N) is 1. The largest absolute Gasteiger partial charge is 0.350 e. The monoisotopic (exact) mass is 540 g/mol. The molecular formula is C30H26F2N6O2. The number of carbonyl (C=O) groups is 2. The van der Waals surface area contributed by atoms with Crippen molar-refractivity contribution in [2.75, 3.05) is 11.9 Å². The number of benzene rings is 2. The first-order chi connectivity index (χ1) is 19.4. The Labute approximate surface area is 228 Å². The number of rotatable bonds is 5. The fraction of sp³-hybridized carbons (Fsp3) is 0.267. The van der Waals surface area contributed by atoms with Crippen LogP contribution in [-0.4, -0.2) is 42.4 Å². The van der Waals surface area contributed by atoms with E-state index >= 15 is 0 Å². The number of fused-ring (bicyclic) bond motifs is 2. The molecule has 202 valence electrons. The van der Waals surface area contributed by atoms with E-state index in [-0.39, 0.29) is 29.7 Å². The third-order valence-electron chi connectivity index (χ3n) is 7.92. The van der Waals surface area contributed by atoms with Crippen molar-refractivity contribution in [2.45, 2.75) is 31.7 Å². The molecule has 2 aliphatic rings. The van der Waals surface area contributed by atoms with Crippen molar-refractivity contribution in [1.29, 1.82) is 0 Å². The van der Waals surface area contributed by atoms with E-state index in [2.05, 4.69) is 15.4 Å². The van der Waals surface area contributed by atoms with Crippen molar-refractivity contribution in [1.82, 2.24) is 24.1 Å². The number of likely N-dealkylation sites (tertiary alicyclic amines) is 1. The van der Waals surface area contributed by atoms with Gasteiger partial charge in [0, 0.05) is 42.8 Å². The second-order valence-corrected chi connectivity index (χ2v) is 10.6. The summed E-state index contributed by atoms with van der Waals surface area (Å²) in [5.74, 6) is -1.66. The molecule has 1 saturated carbocycles. The van der Waals surface area contributed by atoms with Crippen LogP contribution in [0.1, 0.15) is 47.6 Å². The molecule has 1 saturated heterocycles. The molecule has 1 aliphatic heterocycles. The topological polar surface area (TPSA) is 84.5 Å². The number of amides is 2. The number of anilines is 1. The second-order valence-electron chi connectivity index (χ2n) is 10.6. The lowest BCUT2D eigenvalue weighted by atomic mass is 10.0.